The van der Waals surface area contributed by atoms with Crippen molar-refractivity contribution in [2.75, 3.05) is 5.75 Å². The molecular formula is C35H31BOS2. The second kappa shape index (κ2) is 14.0. The highest BCUT2D eigenvalue weighted by Gasteiger charge is 2.18. The monoisotopic (exact) mass is 542 g/mol. The molecule has 0 atom stereocenters. The molecule has 0 saturated heterocycles. The molecule has 1 aromatic heterocycles. The van der Waals surface area contributed by atoms with E-state index in [-0.39, 0.29) is 5.43 Å². The van der Waals surface area contributed by atoms with Gasteiger partial charge >= 0.3 is 0 Å². The molecule has 39 heavy (non-hydrogen) atoms. The van der Waals surface area contributed by atoms with Crippen molar-refractivity contribution in [3.8, 4) is 0 Å². The van der Waals surface area contributed by atoms with Crippen molar-refractivity contribution in [1.29, 1.82) is 0 Å². The van der Waals surface area contributed by atoms with Gasteiger partial charge in [0.15, 0.2) is 5.43 Å². The van der Waals surface area contributed by atoms with Crippen molar-refractivity contribution >= 4 is 60.9 Å². The number of hydrogen-bond acceptors (Lipinski definition) is 3. The number of hydrogen-bond donors (Lipinski definition) is 0. The Balaban J connectivity index is 0.000000455. The van der Waals surface area contributed by atoms with Crippen LogP contribution in [0.1, 0.15) is 12.8 Å². The van der Waals surface area contributed by atoms with Crippen LogP contribution in [0.2, 0.25) is 6.32 Å². The van der Waals surface area contributed by atoms with Gasteiger partial charge in [-0.05, 0) is 42.5 Å². The maximum Gasteiger partial charge on any atom is 0.209 e. The van der Waals surface area contributed by atoms with Gasteiger partial charge in [-0.25, -0.2) is 0 Å². The molecule has 0 spiro atoms. The van der Waals surface area contributed by atoms with Crippen LogP contribution in [0, 0.1) is 0 Å². The average molecular weight is 543 g/mol. The summed E-state index contributed by atoms with van der Waals surface area (Å²) >= 11 is 3.55. The van der Waals surface area contributed by atoms with Crippen LogP contribution in [-0.2, 0) is 0 Å². The van der Waals surface area contributed by atoms with Gasteiger partial charge in [0, 0.05) is 25.1 Å². The fourth-order valence-corrected chi connectivity index (χ4v) is 6.80. The second-order valence-corrected chi connectivity index (χ2v) is 11.7. The molecule has 0 aliphatic carbocycles. The van der Waals surface area contributed by atoms with E-state index >= 15 is 0 Å². The molecule has 1 nitrogen and oxygen atoms in total. The highest BCUT2D eigenvalue weighted by atomic mass is 32.2. The maximum atomic E-state index is 13.0. The van der Waals surface area contributed by atoms with Crippen LogP contribution < -0.4 is 16.4 Å². The third-order valence-corrected chi connectivity index (χ3v) is 9.01. The van der Waals surface area contributed by atoms with Crippen molar-refractivity contribution in [3.05, 3.63) is 150 Å². The molecule has 6 rings (SSSR count). The molecule has 0 N–H and O–H groups in total. The van der Waals surface area contributed by atoms with Crippen molar-refractivity contribution in [2.45, 2.75) is 24.1 Å². The lowest BCUT2D eigenvalue weighted by Gasteiger charge is -2.14. The lowest BCUT2D eigenvalue weighted by atomic mass is 9.38. The molecule has 0 aliphatic rings. The normalized spacial score (nSPS) is 10.7. The van der Waals surface area contributed by atoms with E-state index in [4.69, 9.17) is 0 Å². The average Bonchev–Trinajstić information content (AvgIpc) is 3.01. The Morgan fingerprint density at radius 2 is 1.10 bits per heavy atom. The number of unbranched alkanes of at least 4 members (excludes halogenated alkanes) is 1. The van der Waals surface area contributed by atoms with Crippen LogP contribution in [-0.4, -0.2) is 12.5 Å². The summed E-state index contributed by atoms with van der Waals surface area (Å²) in [6, 6.07) is 47.9. The van der Waals surface area contributed by atoms with Crippen LogP contribution in [0.15, 0.2) is 149 Å². The number of thioether (sulfide) groups is 1. The smallest absolute Gasteiger partial charge is 0.209 e. The van der Waals surface area contributed by atoms with Crippen LogP contribution in [0.25, 0.3) is 20.2 Å². The van der Waals surface area contributed by atoms with Crippen molar-refractivity contribution in [3.63, 3.8) is 0 Å². The first-order valence-corrected chi connectivity index (χ1v) is 15.3. The third kappa shape index (κ3) is 7.29. The van der Waals surface area contributed by atoms with Crippen molar-refractivity contribution in [1.82, 2.24) is 0 Å². The zero-order chi connectivity index (χ0) is 26.7. The van der Waals surface area contributed by atoms with E-state index in [0.717, 1.165) is 38.7 Å². The minimum absolute atomic E-state index is 0.148. The van der Waals surface area contributed by atoms with Gasteiger partial charge in [-0.3, -0.25) is 4.79 Å². The lowest BCUT2D eigenvalue weighted by Crippen LogP contribution is -2.41. The Morgan fingerprint density at radius 3 is 1.74 bits per heavy atom. The summed E-state index contributed by atoms with van der Waals surface area (Å²) in [7, 11) is 0. The van der Waals surface area contributed by atoms with Crippen LogP contribution >= 0.6 is 23.1 Å². The summed E-state index contributed by atoms with van der Waals surface area (Å²) in [5, 5.41) is 1.67. The van der Waals surface area contributed by atoms with E-state index in [2.05, 4.69) is 78.9 Å². The van der Waals surface area contributed by atoms with Gasteiger partial charge in [-0.1, -0.05) is 133 Å². The SMILES string of the molecule is O=c1c2ccccc2sc2ccc(SCCCCB(c3ccccc3)c3ccccc3)cc12.c1ccccc1. The largest absolute Gasteiger partial charge is 0.289 e. The van der Waals surface area contributed by atoms with Gasteiger partial charge in [-0.15, -0.1) is 23.1 Å². The van der Waals surface area contributed by atoms with Gasteiger partial charge in [0.2, 0.25) is 6.71 Å². The molecule has 0 bridgehead atoms. The number of rotatable bonds is 8. The van der Waals surface area contributed by atoms with E-state index in [9.17, 15) is 4.79 Å². The topological polar surface area (TPSA) is 17.1 Å². The number of benzene rings is 5. The fourth-order valence-electron chi connectivity index (χ4n) is 4.79. The standard InChI is InChI=1S/C29H25BOS2.C6H6/c31-29-25-15-7-8-16-27(25)33-28-18-17-24(21-26(28)29)32-20-10-9-19-30(22-11-3-1-4-12-22)23-13-5-2-6-14-23;1-2-4-6-5-3-1/h1-8,11-18,21H,9-10,19-20H2;1-6H. The molecule has 0 fully saturated rings. The molecule has 4 heteroatoms. The molecule has 0 saturated carbocycles. The van der Waals surface area contributed by atoms with Crippen molar-refractivity contribution < 1.29 is 0 Å². The molecule has 0 unspecified atom stereocenters. The Bertz CT molecular complexity index is 1580. The van der Waals surface area contributed by atoms with Gasteiger partial charge < -0.3 is 0 Å². The van der Waals surface area contributed by atoms with Crippen LogP contribution in [0.5, 0.6) is 0 Å². The molecule has 1 heterocycles. The number of fused-ring (bicyclic) bond motifs is 2. The van der Waals surface area contributed by atoms with Gasteiger partial charge in [0.25, 0.3) is 0 Å². The molecule has 0 aliphatic heterocycles. The Kier molecular flexibility index (Phi) is 9.67. The third-order valence-electron chi connectivity index (χ3n) is 6.77. The molecule has 0 radical (unpaired) electrons. The van der Waals surface area contributed by atoms with E-state index in [1.807, 2.05) is 72.4 Å². The zero-order valence-corrected chi connectivity index (χ0v) is 23.5. The molecule has 6 aromatic rings. The van der Waals surface area contributed by atoms with E-state index in [0.29, 0.717) is 6.71 Å². The Morgan fingerprint density at radius 1 is 0.564 bits per heavy atom. The minimum Gasteiger partial charge on any atom is -0.289 e. The summed E-state index contributed by atoms with van der Waals surface area (Å²) in [5.74, 6) is 1.06. The predicted octanol–water partition coefficient (Wildman–Crippen LogP) is 8.28. The molecule has 192 valence electrons. The second-order valence-electron chi connectivity index (χ2n) is 9.46. The Hall–Kier alpha value is -3.60. The first-order valence-electron chi connectivity index (χ1n) is 13.5. The summed E-state index contributed by atoms with van der Waals surface area (Å²) in [4.78, 5) is 14.1. The predicted molar refractivity (Wildman–Crippen MR) is 175 cm³/mol. The summed E-state index contributed by atoms with van der Waals surface area (Å²) in [5.41, 5.74) is 2.93. The Labute approximate surface area is 239 Å². The van der Waals surface area contributed by atoms with Crippen molar-refractivity contribution in [2.24, 2.45) is 0 Å². The quantitative estimate of drug-likeness (QED) is 0.0833. The minimum atomic E-state index is 0.148. The van der Waals surface area contributed by atoms with E-state index < -0.39 is 0 Å². The maximum absolute atomic E-state index is 13.0. The summed E-state index contributed by atoms with van der Waals surface area (Å²) in [6.07, 6.45) is 3.47. The van der Waals surface area contributed by atoms with Crippen LogP contribution in [0.4, 0.5) is 0 Å². The fraction of sp³-hybridized carbons (Fsp3) is 0.114. The van der Waals surface area contributed by atoms with Gasteiger partial charge in [0.05, 0.1) is 0 Å². The van der Waals surface area contributed by atoms with E-state index in [1.165, 1.54) is 22.2 Å². The highest BCUT2D eigenvalue weighted by molar-refractivity contribution is 7.99. The molecule has 0 amide bonds. The first-order chi connectivity index (χ1) is 19.3. The summed E-state index contributed by atoms with van der Waals surface area (Å²) in [6.45, 7) is 0.441. The zero-order valence-electron chi connectivity index (χ0n) is 21.9. The first kappa shape index (κ1) is 27.0. The molecule has 5 aromatic carbocycles. The summed E-state index contributed by atoms with van der Waals surface area (Å²) < 4.78 is 2.12. The van der Waals surface area contributed by atoms with Gasteiger partial charge in [0.1, 0.15) is 0 Å². The van der Waals surface area contributed by atoms with Gasteiger partial charge in [-0.2, -0.15) is 0 Å². The molecular weight excluding hydrogens is 511 g/mol. The van der Waals surface area contributed by atoms with E-state index in [1.54, 1.807) is 11.3 Å². The van der Waals surface area contributed by atoms with Crippen LogP contribution in [0.3, 0.4) is 0 Å². The highest BCUT2D eigenvalue weighted by Crippen LogP contribution is 2.28. The lowest BCUT2D eigenvalue weighted by molar-refractivity contribution is 0.888.